The molecule has 1 aliphatic rings. The highest BCUT2D eigenvalue weighted by atomic mass is 19.4. The van der Waals surface area contributed by atoms with Crippen molar-refractivity contribution < 1.29 is 27.4 Å². The maximum Gasteiger partial charge on any atom is 0.471 e. The van der Waals surface area contributed by atoms with Crippen LogP contribution in [0.4, 0.5) is 18.9 Å². The van der Waals surface area contributed by atoms with Gasteiger partial charge in [0.05, 0.1) is 6.61 Å². The fraction of sp³-hybridized carbons (Fsp3) is 0.353. The fourth-order valence-electron chi connectivity index (χ4n) is 2.62. The zero-order valence-electron chi connectivity index (χ0n) is 12.7. The molecule has 1 fully saturated rings. The SMILES string of the molecule is O=C(Nc1ccc(O[C@H]2CCCCO2)c2ccccc12)C(F)(F)F. The molecule has 0 saturated carbocycles. The molecule has 128 valence electrons. The van der Waals surface area contributed by atoms with E-state index >= 15 is 0 Å². The maximum absolute atomic E-state index is 12.5. The Morgan fingerprint density at radius 3 is 2.54 bits per heavy atom. The van der Waals surface area contributed by atoms with Gasteiger partial charge in [0.1, 0.15) is 5.75 Å². The number of fused-ring (bicyclic) bond motifs is 1. The van der Waals surface area contributed by atoms with Crippen molar-refractivity contribution in [1.82, 2.24) is 0 Å². The molecule has 0 bridgehead atoms. The lowest BCUT2D eigenvalue weighted by Crippen LogP contribution is -2.30. The van der Waals surface area contributed by atoms with E-state index < -0.39 is 12.1 Å². The van der Waals surface area contributed by atoms with Crippen LogP contribution in [0.15, 0.2) is 36.4 Å². The topological polar surface area (TPSA) is 47.6 Å². The second kappa shape index (κ2) is 6.68. The first-order chi connectivity index (χ1) is 11.4. The summed E-state index contributed by atoms with van der Waals surface area (Å²) >= 11 is 0. The summed E-state index contributed by atoms with van der Waals surface area (Å²) in [5.41, 5.74) is 0.0878. The smallest absolute Gasteiger partial charge is 0.464 e. The predicted molar refractivity (Wildman–Crippen MR) is 82.9 cm³/mol. The minimum Gasteiger partial charge on any atom is -0.464 e. The molecule has 3 rings (SSSR count). The lowest BCUT2D eigenvalue weighted by Gasteiger charge is -2.24. The summed E-state index contributed by atoms with van der Waals surface area (Å²) < 4.78 is 48.8. The molecule has 2 aromatic rings. The molecule has 0 aromatic heterocycles. The summed E-state index contributed by atoms with van der Waals surface area (Å²) in [4.78, 5) is 11.2. The second-order valence-corrected chi connectivity index (χ2v) is 5.52. The van der Waals surface area contributed by atoms with Crippen molar-refractivity contribution in [3.05, 3.63) is 36.4 Å². The largest absolute Gasteiger partial charge is 0.471 e. The first-order valence-electron chi connectivity index (χ1n) is 7.63. The zero-order chi connectivity index (χ0) is 17.2. The molecule has 1 N–H and O–H groups in total. The highest BCUT2D eigenvalue weighted by molar-refractivity contribution is 6.05. The van der Waals surface area contributed by atoms with Crippen molar-refractivity contribution in [2.45, 2.75) is 31.7 Å². The number of nitrogens with one attached hydrogen (secondary N) is 1. The van der Waals surface area contributed by atoms with Crippen LogP contribution in [-0.4, -0.2) is 25.0 Å². The Labute approximate surface area is 136 Å². The fourth-order valence-corrected chi connectivity index (χ4v) is 2.62. The molecule has 0 unspecified atom stereocenters. The number of halogens is 3. The Morgan fingerprint density at radius 2 is 1.88 bits per heavy atom. The Bertz CT molecular complexity index is 739. The molecule has 1 aliphatic heterocycles. The molecule has 1 heterocycles. The van der Waals surface area contributed by atoms with Gasteiger partial charge in [0.15, 0.2) is 6.29 Å². The highest BCUT2D eigenvalue weighted by Gasteiger charge is 2.38. The van der Waals surface area contributed by atoms with Crippen LogP contribution in [0.1, 0.15) is 19.3 Å². The van der Waals surface area contributed by atoms with Gasteiger partial charge in [-0.1, -0.05) is 24.3 Å². The van der Waals surface area contributed by atoms with E-state index in [0.29, 0.717) is 23.1 Å². The monoisotopic (exact) mass is 339 g/mol. The van der Waals surface area contributed by atoms with Crippen molar-refractivity contribution in [3.8, 4) is 5.75 Å². The van der Waals surface area contributed by atoms with E-state index in [1.807, 2.05) is 5.32 Å². The van der Waals surface area contributed by atoms with Gasteiger partial charge in [-0.2, -0.15) is 13.2 Å². The van der Waals surface area contributed by atoms with Crippen LogP contribution < -0.4 is 10.1 Å². The standard InChI is InChI=1S/C17H16F3NO3/c18-17(19,20)16(22)21-13-8-9-14(12-6-2-1-5-11(12)13)24-15-7-3-4-10-23-15/h1-2,5-6,8-9,15H,3-4,7,10H2,(H,21,22)/t15-/m0/s1. The minimum absolute atomic E-state index is 0.0878. The third kappa shape index (κ3) is 3.62. The first kappa shape index (κ1) is 16.6. The lowest BCUT2D eigenvalue weighted by atomic mass is 10.1. The van der Waals surface area contributed by atoms with Crippen LogP contribution in [0.25, 0.3) is 10.8 Å². The highest BCUT2D eigenvalue weighted by Crippen LogP contribution is 2.34. The molecule has 0 spiro atoms. The Balaban J connectivity index is 1.90. The van der Waals surface area contributed by atoms with Crippen LogP contribution in [-0.2, 0) is 9.53 Å². The number of hydrogen-bond acceptors (Lipinski definition) is 3. The third-order valence-electron chi connectivity index (χ3n) is 3.79. The molecule has 4 nitrogen and oxygen atoms in total. The summed E-state index contributed by atoms with van der Waals surface area (Å²) in [6, 6.07) is 9.77. The van der Waals surface area contributed by atoms with Crippen molar-refractivity contribution >= 4 is 22.4 Å². The average Bonchev–Trinajstić information content (AvgIpc) is 2.57. The Morgan fingerprint density at radius 1 is 1.12 bits per heavy atom. The van der Waals surface area contributed by atoms with Crippen LogP contribution in [0, 0.1) is 0 Å². The molecule has 24 heavy (non-hydrogen) atoms. The maximum atomic E-state index is 12.5. The number of anilines is 1. The molecule has 0 aliphatic carbocycles. The van der Waals surface area contributed by atoms with E-state index in [1.165, 1.54) is 6.07 Å². The molecule has 2 aromatic carbocycles. The van der Waals surface area contributed by atoms with E-state index in [-0.39, 0.29) is 12.0 Å². The summed E-state index contributed by atoms with van der Waals surface area (Å²) in [5.74, 6) is -1.49. The van der Waals surface area contributed by atoms with Crippen LogP contribution in [0.3, 0.4) is 0 Å². The number of ether oxygens (including phenoxy) is 2. The quantitative estimate of drug-likeness (QED) is 0.910. The summed E-state index contributed by atoms with van der Waals surface area (Å²) in [7, 11) is 0. The first-order valence-corrected chi connectivity index (χ1v) is 7.63. The van der Waals surface area contributed by atoms with E-state index in [1.54, 1.807) is 30.3 Å². The minimum atomic E-state index is -4.94. The van der Waals surface area contributed by atoms with Gasteiger partial charge in [-0.3, -0.25) is 4.79 Å². The molecule has 1 amide bonds. The van der Waals surface area contributed by atoms with Gasteiger partial charge in [0, 0.05) is 22.9 Å². The Kier molecular flexibility index (Phi) is 4.62. The molecular formula is C17H16F3NO3. The van der Waals surface area contributed by atoms with Gasteiger partial charge < -0.3 is 14.8 Å². The van der Waals surface area contributed by atoms with Crippen LogP contribution >= 0.6 is 0 Å². The van der Waals surface area contributed by atoms with Gasteiger partial charge in [-0.25, -0.2) is 0 Å². The van der Waals surface area contributed by atoms with E-state index in [4.69, 9.17) is 9.47 Å². The van der Waals surface area contributed by atoms with Crippen molar-refractivity contribution in [2.24, 2.45) is 0 Å². The third-order valence-corrected chi connectivity index (χ3v) is 3.79. The zero-order valence-corrected chi connectivity index (χ0v) is 12.7. The molecular weight excluding hydrogens is 323 g/mol. The Hall–Kier alpha value is -2.28. The molecule has 1 saturated heterocycles. The summed E-state index contributed by atoms with van der Waals surface area (Å²) in [6.07, 6.45) is -2.55. The van der Waals surface area contributed by atoms with Crippen LogP contribution in [0.5, 0.6) is 5.75 Å². The number of hydrogen-bond donors (Lipinski definition) is 1. The predicted octanol–water partition coefficient (Wildman–Crippen LogP) is 4.25. The van der Waals surface area contributed by atoms with Gasteiger partial charge in [0.2, 0.25) is 0 Å². The summed E-state index contributed by atoms with van der Waals surface area (Å²) in [5, 5.41) is 3.00. The summed E-state index contributed by atoms with van der Waals surface area (Å²) in [6.45, 7) is 0.627. The van der Waals surface area contributed by atoms with Crippen molar-refractivity contribution in [3.63, 3.8) is 0 Å². The number of alkyl halides is 3. The van der Waals surface area contributed by atoms with Crippen molar-refractivity contribution in [1.29, 1.82) is 0 Å². The average molecular weight is 339 g/mol. The van der Waals surface area contributed by atoms with Gasteiger partial charge in [-0.05, 0) is 25.0 Å². The van der Waals surface area contributed by atoms with Gasteiger partial charge in [-0.15, -0.1) is 0 Å². The van der Waals surface area contributed by atoms with Gasteiger partial charge in [0.25, 0.3) is 0 Å². The number of amides is 1. The number of carbonyl (C=O) groups is 1. The van der Waals surface area contributed by atoms with E-state index in [0.717, 1.165) is 19.3 Å². The number of rotatable bonds is 3. The van der Waals surface area contributed by atoms with Crippen molar-refractivity contribution in [2.75, 3.05) is 11.9 Å². The van der Waals surface area contributed by atoms with Gasteiger partial charge >= 0.3 is 12.1 Å². The molecule has 0 radical (unpaired) electrons. The molecule has 7 heteroatoms. The number of carbonyl (C=O) groups excluding carboxylic acids is 1. The normalized spacial score (nSPS) is 18.4. The lowest BCUT2D eigenvalue weighted by molar-refractivity contribution is -0.167. The molecule has 1 atom stereocenters. The van der Waals surface area contributed by atoms with E-state index in [9.17, 15) is 18.0 Å². The second-order valence-electron chi connectivity index (χ2n) is 5.52. The number of benzene rings is 2. The van der Waals surface area contributed by atoms with E-state index in [2.05, 4.69) is 0 Å². The van der Waals surface area contributed by atoms with Crippen LogP contribution in [0.2, 0.25) is 0 Å².